The third-order valence-electron chi connectivity index (χ3n) is 2.35. The number of nitro benzene ring substituents is 1. The van der Waals surface area contributed by atoms with E-state index < -0.39 is 10.7 Å². The Labute approximate surface area is 102 Å². The molecular weight excluding hydrogens is 241 g/mol. The van der Waals surface area contributed by atoms with E-state index in [0.29, 0.717) is 10.5 Å². The standard InChI is InChI=1S/C12H8FNO2S/c13-8-5-6-11(14(15)16)10(7-8)9-3-1-2-4-12(9)17/h1-7,17H. The second-order valence-corrected chi connectivity index (χ2v) is 3.92. The fraction of sp³-hybridized carbons (Fsp3) is 0. The maximum atomic E-state index is 13.2. The molecule has 0 amide bonds. The number of halogens is 1. The number of nitrogens with zero attached hydrogens (tertiary/aromatic N) is 1. The summed E-state index contributed by atoms with van der Waals surface area (Å²) in [6.45, 7) is 0. The molecule has 0 fully saturated rings. The minimum atomic E-state index is -0.533. The largest absolute Gasteiger partial charge is 0.277 e. The summed E-state index contributed by atoms with van der Waals surface area (Å²) >= 11 is 4.21. The predicted octanol–water partition coefficient (Wildman–Crippen LogP) is 3.69. The molecule has 3 nitrogen and oxygen atoms in total. The number of hydrogen-bond acceptors (Lipinski definition) is 3. The molecular formula is C12H8FNO2S. The summed E-state index contributed by atoms with van der Waals surface area (Å²) in [7, 11) is 0. The minimum Gasteiger partial charge on any atom is -0.258 e. The van der Waals surface area contributed by atoms with Gasteiger partial charge in [-0.25, -0.2) is 4.39 Å². The van der Waals surface area contributed by atoms with Crippen LogP contribution in [0.1, 0.15) is 0 Å². The first-order valence-electron chi connectivity index (χ1n) is 4.82. The van der Waals surface area contributed by atoms with Gasteiger partial charge < -0.3 is 0 Å². The van der Waals surface area contributed by atoms with Crippen molar-refractivity contribution in [3.05, 3.63) is 58.4 Å². The Morgan fingerprint density at radius 3 is 2.47 bits per heavy atom. The van der Waals surface area contributed by atoms with Gasteiger partial charge in [-0.2, -0.15) is 0 Å². The molecule has 0 saturated carbocycles. The van der Waals surface area contributed by atoms with E-state index in [1.54, 1.807) is 24.3 Å². The van der Waals surface area contributed by atoms with E-state index in [9.17, 15) is 14.5 Å². The fourth-order valence-corrected chi connectivity index (χ4v) is 1.87. The molecule has 0 heterocycles. The molecule has 0 aromatic heterocycles. The number of nitro groups is 1. The lowest BCUT2D eigenvalue weighted by atomic mass is 10.0. The Morgan fingerprint density at radius 2 is 1.82 bits per heavy atom. The normalized spacial score (nSPS) is 10.2. The van der Waals surface area contributed by atoms with Gasteiger partial charge in [0.15, 0.2) is 0 Å². The Bertz CT molecular complexity index is 586. The lowest BCUT2D eigenvalue weighted by Gasteiger charge is -2.05. The number of thiol groups is 1. The first-order chi connectivity index (χ1) is 8.09. The van der Waals surface area contributed by atoms with Crippen molar-refractivity contribution in [3.63, 3.8) is 0 Å². The first-order valence-corrected chi connectivity index (χ1v) is 5.26. The average molecular weight is 249 g/mol. The zero-order valence-corrected chi connectivity index (χ0v) is 9.52. The van der Waals surface area contributed by atoms with Crippen LogP contribution in [0.25, 0.3) is 11.1 Å². The second-order valence-electron chi connectivity index (χ2n) is 3.44. The molecule has 0 N–H and O–H groups in total. The highest BCUT2D eigenvalue weighted by molar-refractivity contribution is 7.80. The molecule has 86 valence electrons. The van der Waals surface area contributed by atoms with E-state index in [1.807, 2.05) is 0 Å². The molecule has 0 atom stereocenters. The number of hydrogen-bond donors (Lipinski definition) is 1. The maximum Gasteiger partial charge on any atom is 0.277 e. The molecule has 0 bridgehead atoms. The van der Waals surface area contributed by atoms with Gasteiger partial charge in [0, 0.05) is 16.5 Å². The molecule has 0 unspecified atom stereocenters. The monoisotopic (exact) mass is 249 g/mol. The molecule has 2 aromatic rings. The van der Waals surface area contributed by atoms with Crippen molar-refractivity contribution in [2.45, 2.75) is 4.90 Å². The van der Waals surface area contributed by atoms with Crippen LogP contribution in [0.5, 0.6) is 0 Å². The average Bonchev–Trinajstić information content (AvgIpc) is 2.29. The van der Waals surface area contributed by atoms with Gasteiger partial charge in [-0.3, -0.25) is 10.1 Å². The van der Waals surface area contributed by atoms with Crippen molar-refractivity contribution >= 4 is 18.3 Å². The van der Waals surface area contributed by atoms with Gasteiger partial charge in [0.1, 0.15) is 5.82 Å². The predicted molar refractivity (Wildman–Crippen MR) is 65.7 cm³/mol. The quantitative estimate of drug-likeness (QED) is 0.501. The number of benzene rings is 2. The highest BCUT2D eigenvalue weighted by Gasteiger charge is 2.17. The van der Waals surface area contributed by atoms with Crippen LogP contribution in [0, 0.1) is 15.9 Å². The van der Waals surface area contributed by atoms with Crippen LogP contribution < -0.4 is 0 Å². The van der Waals surface area contributed by atoms with Gasteiger partial charge in [-0.15, -0.1) is 12.6 Å². The van der Waals surface area contributed by atoms with Gasteiger partial charge in [0.05, 0.1) is 10.5 Å². The summed E-state index contributed by atoms with van der Waals surface area (Å²) in [5, 5.41) is 10.9. The molecule has 0 spiro atoms. The molecule has 17 heavy (non-hydrogen) atoms. The van der Waals surface area contributed by atoms with Crippen molar-refractivity contribution in [3.8, 4) is 11.1 Å². The van der Waals surface area contributed by atoms with Gasteiger partial charge in [-0.05, 0) is 18.2 Å². The van der Waals surface area contributed by atoms with E-state index in [2.05, 4.69) is 12.6 Å². The van der Waals surface area contributed by atoms with Crippen LogP contribution in [-0.4, -0.2) is 4.92 Å². The molecule has 0 radical (unpaired) electrons. The molecule has 0 aliphatic carbocycles. The van der Waals surface area contributed by atoms with Crippen molar-refractivity contribution in [1.82, 2.24) is 0 Å². The third-order valence-corrected chi connectivity index (χ3v) is 2.74. The zero-order valence-electron chi connectivity index (χ0n) is 8.63. The molecule has 5 heteroatoms. The number of rotatable bonds is 2. The van der Waals surface area contributed by atoms with Crippen LogP contribution in [0.15, 0.2) is 47.4 Å². The van der Waals surface area contributed by atoms with Crippen LogP contribution >= 0.6 is 12.6 Å². The summed E-state index contributed by atoms with van der Waals surface area (Å²) in [6.07, 6.45) is 0. The van der Waals surface area contributed by atoms with Crippen LogP contribution in [-0.2, 0) is 0 Å². The van der Waals surface area contributed by atoms with E-state index >= 15 is 0 Å². The van der Waals surface area contributed by atoms with E-state index in [4.69, 9.17) is 0 Å². The van der Waals surface area contributed by atoms with Crippen LogP contribution in [0.2, 0.25) is 0 Å². The van der Waals surface area contributed by atoms with Crippen molar-refractivity contribution in [2.24, 2.45) is 0 Å². The smallest absolute Gasteiger partial charge is 0.258 e. The molecule has 2 rings (SSSR count). The highest BCUT2D eigenvalue weighted by Crippen LogP contribution is 2.34. The maximum absolute atomic E-state index is 13.2. The third kappa shape index (κ3) is 2.29. The van der Waals surface area contributed by atoms with Gasteiger partial charge >= 0.3 is 0 Å². The Hall–Kier alpha value is -1.88. The Kier molecular flexibility index (Phi) is 3.10. The highest BCUT2D eigenvalue weighted by atomic mass is 32.1. The SMILES string of the molecule is O=[N+]([O-])c1ccc(F)cc1-c1ccccc1S. The van der Waals surface area contributed by atoms with E-state index in [0.717, 1.165) is 18.2 Å². The summed E-state index contributed by atoms with van der Waals surface area (Å²) < 4.78 is 13.2. The summed E-state index contributed by atoms with van der Waals surface area (Å²) in [4.78, 5) is 10.9. The lowest BCUT2D eigenvalue weighted by molar-refractivity contribution is -0.384. The summed E-state index contributed by atoms with van der Waals surface area (Å²) in [5.74, 6) is -0.512. The Balaban J connectivity index is 2.70. The molecule has 2 aromatic carbocycles. The Morgan fingerprint density at radius 1 is 1.12 bits per heavy atom. The summed E-state index contributed by atoms with van der Waals surface area (Å²) in [5.41, 5.74) is 0.649. The van der Waals surface area contributed by atoms with Crippen molar-refractivity contribution < 1.29 is 9.31 Å². The molecule has 0 aliphatic heterocycles. The molecule has 0 saturated heterocycles. The zero-order chi connectivity index (χ0) is 12.4. The van der Waals surface area contributed by atoms with Gasteiger partial charge in [0.2, 0.25) is 0 Å². The van der Waals surface area contributed by atoms with Crippen molar-refractivity contribution in [2.75, 3.05) is 0 Å². The van der Waals surface area contributed by atoms with Gasteiger partial charge in [0.25, 0.3) is 5.69 Å². The van der Waals surface area contributed by atoms with Crippen LogP contribution in [0.4, 0.5) is 10.1 Å². The van der Waals surface area contributed by atoms with Gasteiger partial charge in [-0.1, -0.05) is 18.2 Å². The second kappa shape index (κ2) is 4.55. The summed E-state index contributed by atoms with van der Waals surface area (Å²) in [6, 6.07) is 10.2. The van der Waals surface area contributed by atoms with E-state index in [-0.39, 0.29) is 11.3 Å². The minimum absolute atomic E-state index is 0.132. The fourth-order valence-electron chi connectivity index (χ4n) is 1.58. The van der Waals surface area contributed by atoms with Crippen LogP contribution in [0.3, 0.4) is 0 Å². The topological polar surface area (TPSA) is 43.1 Å². The van der Waals surface area contributed by atoms with E-state index in [1.165, 1.54) is 0 Å². The first kappa shape index (κ1) is 11.6. The van der Waals surface area contributed by atoms with Crippen molar-refractivity contribution in [1.29, 1.82) is 0 Å². The molecule has 0 aliphatic rings. The lowest BCUT2D eigenvalue weighted by Crippen LogP contribution is -1.93.